The van der Waals surface area contributed by atoms with Crippen LogP contribution in [0.2, 0.25) is 39.3 Å². The molecule has 0 saturated carbocycles. The molecule has 156 valence electrons. The normalized spacial score (nSPS) is 14.3. The Hall–Kier alpha value is -1.39. The first-order valence-electron chi connectivity index (χ1n) is 11.4. The van der Waals surface area contributed by atoms with E-state index < -0.39 is 16.1 Å². The summed E-state index contributed by atoms with van der Waals surface area (Å²) in [6, 6.07) is 12.5. The minimum atomic E-state index is -1.40. The average Bonchev–Trinajstić information content (AvgIpc) is 3.01. The summed E-state index contributed by atoms with van der Waals surface area (Å²) >= 11 is 0. The molecule has 0 fully saturated rings. The Labute approximate surface area is 181 Å². The predicted octanol–water partition coefficient (Wildman–Crippen LogP) is 7.31. The quantitative estimate of drug-likeness (QED) is 0.430. The van der Waals surface area contributed by atoms with Crippen LogP contribution in [0.15, 0.2) is 35.9 Å². The van der Waals surface area contributed by atoms with Gasteiger partial charge in [-0.25, -0.2) is 0 Å². The molecule has 0 spiro atoms. The van der Waals surface area contributed by atoms with Gasteiger partial charge in [-0.05, 0) is 46.6 Å². The van der Waals surface area contributed by atoms with Crippen molar-refractivity contribution in [2.75, 3.05) is 0 Å². The highest BCUT2D eigenvalue weighted by Crippen LogP contribution is 2.40. The van der Waals surface area contributed by atoms with Gasteiger partial charge in [0.1, 0.15) is 0 Å². The minimum Gasteiger partial charge on any atom is -0.0656 e. The van der Waals surface area contributed by atoms with Gasteiger partial charge in [0, 0.05) is 0 Å². The fourth-order valence-electron chi connectivity index (χ4n) is 4.42. The van der Waals surface area contributed by atoms with E-state index in [-0.39, 0.29) is 0 Å². The lowest BCUT2D eigenvalue weighted by Crippen LogP contribution is -2.45. The minimum absolute atomic E-state index is 0.532. The fraction of sp³-hybridized carbons (Fsp3) is 0.481. The number of rotatable bonds is 6. The van der Waals surface area contributed by atoms with Gasteiger partial charge in [0.05, 0.1) is 16.1 Å². The number of benzene rings is 2. The molecule has 0 amide bonds. The lowest BCUT2D eigenvalue weighted by molar-refractivity contribution is 0.866. The number of hydrogen-bond donors (Lipinski definition) is 0. The van der Waals surface area contributed by atoms with Crippen LogP contribution in [0.5, 0.6) is 0 Å². The summed E-state index contributed by atoms with van der Waals surface area (Å²) in [6.45, 7) is 21.9. The maximum absolute atomic E-state index is 2.55. The van der Waals surface area contributed by atoms with E-state index in [1.807, 2.05) is 0 Å². The van der Waals surface area contributed by atoms with Crippen LogP contribution >= 0.6 is 0 Å². The van der Waals surface area contributed by atoms with Crippen LogP contribution in [0, 0.1) is 0 Å². The molecule has 2 aromatic carbocycles. The van der Waals surface area contributed by atoms with Gasteiger partial charge in [0.25, 0.3) is 0 Å². The molecule has 0 bridgehead atoms. The second kappa shape index (κ2) is 8.04. The van der Waals surface area contributed by atoms with E-state index in [0.717, 1.165) is 6.42 Å². The van der Waals surface area contributed by atoms with E-state index in [1.165, 1.54) is 40.7 Å². The first-order valence-corrected chi connectivity index (χ1v) is 18.4. The second-order valence-corrected chi connectivity index (χ2v) is 21.4. The summed E-state index contributed by atoms with van der Waals surface area (Å²) in [6.07, 6.45) is 6.12. The Balaban J connectivity index is 2.32. The molecule has 0 unspecified atom stereocenters. The highest BCUT2D eigenvalue weighted by atomic mass is 28.3. The van der Waals surface area contributed by atoms with E-state index in [9.17, 15) is 0 Å². The van der Waals surface area contributed by atoms with Crippen molar-refractivity contribution in [1.29, 1.82) is 0 Å². The standard InChI is InChI=1S/C27H40Si2/c1-10-11-20-14-21-12-13-25(19(2)3)27(26(21)15-20)22-16-23(28(4,5)6)18-24(17-22)29(7,8)9/h12-13,15-19H,10-11,14H2,1-9H3. The molecule has 1 aliphatic rings. The lowest BCUT2D eigenvalue weighted by atomic mass is 9.87. The van der Waals surface area contributed by atoms with E-state index in [1.54, 1.807) is 15.9 Å². The molecule has 29 heavy (non-hydrogen) atoms. The van der Waals surface area contributed by atoms with E-state index in [4.69, 9.17) is 0 Å². The van der Waals surface area contributed by atoms with Crippen LogP contribution in [-0.4, -0.2) is 16.1 Å². The highest BCUT2D eigenvalue weighted by Gasteiger charge is 2.26. The second-order valence-electron chi connectivity index (χ2n) is 11.3. The zero-order valence-electron chi connectivity index (χ0n) is 20.2. The molecule has 2 heteroatoms. The Morgan fingerprint density at radius 3 is 1.93 bits per heavy atom. The molecule has 0 atom stereocenters. The third kappa shape index (κ3) is 4.69. The molecule has 3 rings (SSSR count). The van der Waals surface area contributed by atoms with Gasteiger partial charge in [0.15, 0.2) is 0 Å². The summed E-state index contributed by atoms with van der Waals surface area (Å²) in [5, 5.41) is 3.21. The van der Waals surface area contributed by atoms with E-state index in [2.05, 4.69) is 96.5 Å². The molecule has 0 N–H and O–H groups in total. The molecule has 0 aromatic heterocycles. The Bertz CT molecular complexity index is 902. The van der Waals surface area contributed by atoms with Crippen LogP contribution in [0.25, 0.3) is 17.2 Å². The van der Waals surface area contributed by atoms with Crippen molar-refractivity contribution < 1.29 is 0 Å². The van der Waals surface area contributed by atoms with Gasteiger partial charge in [-0.3, -0.25) is 0 Å². The summed E-state index contributed by atoms with van der Waals surface area (Å²) < 4.78 is 0. The highest BCUT2D eigenvalue weighted by molar-refractivity contribution is 6.91. The summed E-state index contributed by atoms with van der Waals surface area (Å²) in [5.41, 5.74) is 9.14. The topological polar surface area (TPSA) is 0 Å². The van der Waals surface area contributed by atoms with E-state index in [0.29, 0.717) is 5.92 Å². The van der Waals surface area contributed by atoms with Crippen LogP contribution in [-0.2, 0) is 6.42 Å². The maximum Gasteiger partial charge on any atom is 0.0776 e. The molecule has 1 aliphatic carbocycles. The Morgan fingerprint density at radius 2 is 1.45 bits per heavy atom. The summed E-state index contributed by atoms with van der Waals surface area (Å²) in [4.78, 5) is 0. The zero-order valence-corrected chi connectivity index (χ0v) is 22.2. The molecular formula is C27H40Si2. The largest absolute Gasteiger partial charge is 0.0776 e. The van der Waals surface area contributed by atoms with Crippen molar-refractivity contribution in [1.82, 2.24) is 0 Å². The Morgan fingerprint density at radius 1 is 0.862 bits per heavy atom. The van der Waals surface area contributed by atoms with Crippen molar-refractivity contribution in [2.45, 2.75) is 85.2 Å². The number of allylic oxidation sites excluding steroid dienone is 1. The third-order valence-corrected chi connectivity index (χ3v) is 10.3. The first-order chi connectivity index (χ1) is 13.4. The van der Waals surface area contributed by atoms with Crippen molar-refractivity contribution in [3.8, 4) is 11.1 Å². The van der Waals surface area contributed by atoms with Gasteiger partial charge in [-0.15, -0.1) is 0 Å². The van der Waals surface area contributed by atoms with Gasteiger partial charge in [0.2, 0.25) is 0 Å². The smallest absolute Gasteiger partial charge is 0.0656 e. The molecule has 0 saturated heterocycles. The lowest BCUT2D eigenvalue weighted by Gasteiger charge is -2.26. The zero-order chi connectivity index (χ0) is 21.6. The van der Waals surface area contributed by atoms with Crippen LogP contribution in [0.3, 0.4) is 0 Å². The summed E-state index contributed by atoms with van der Waals surface area (Å²) in [5.74, 6) is 0.532. The van der Waals surface area contributed by atoms with Crippen LogP contribution < -0.4 is 10.4 Å². The van der Waals surface area contributed by atoms with Gasteiger partial charge < -0.3 is 0 Å². The van der Waals surface area contributed by atoms with Gasteiger partial charge in [-0.2, -0.15) is 0 Å². The third-order valence-electron chi connectivity index (χ3n) is 6.28. The fourth-order valence-corrected chi connectivity index (χ4v) is 6.92. The van der Waals surface area contributed by atoms with Gasteiger partial charge in [-0.1, -0.05) is 119 Å². The molecule has 0 heterocycles. The summed E-state index contributed by atoms with van der Waals surface area (Å²) in [7, 11) is -2.79. The molecule has 0 aliphatic heterocycles. The molecular weight excluding hydrogens is 380 g/mol. The van der Waals surface area contributed by atoms with Crippen molar-refractivity contribution in [3.63, 3.8) is 0 Å². The SMILES string of the molecule is CCCC1=Cc2c(ccc(C(C)C)c2-c2cc([Si](C)(C)C)cc([Si](C)(C)C)c2)C1. The van der Waals surface area contributed by atoms with Gasteiger partial charge >= 0.3 is 0 Å². The predicted molar refractivity (Wildman–Crippen MR) is 139 cm³/mol. The van der Waals surface area contributed by atoms with E-state index >= 15 is 0 Å². The number of fused-ring (bicyclic) bond motifs is 1. The van der Waals surface area contributed by atoms with Crippen molar-refractivity contribution in [3.05, 3.63) is 52.6 Å². The van der Waals surface area contributed by atoms with Crippen LogP contribution in [0.1, 0.15) is 56.2 Å². The molecule has 2 aromatic rings. The van der Waals surface area contributed by atoms with Crippen molar-refractivity contribution >= 4 is 32.6 Å². The maximum atomic E-state index is 2.55. The monoisotopic (exact) mass is 420 g/mol. The molecule has 0 radical (unpaired) electrons. The van der Waals surface area contributed by atoms with Crippen LogP contribution in [0.4, 0.5) is 0 Å². The Kier molecular flexibility index (Phi) is 6.18. The average molecular weight is 421 g/mol. The molecule has 0 nitrogen and oxygen atoms in total. The van der Waals surface area contributed by atoms with Crippen molar-refractivity contribution in [2.24, 2.45) is 0 Å². The number of hydrogen-bond acceptors (Lipinski definition) is 0. The first kappa shape index (κ1) is 22.3.